The van der Waals surface area contributed by atoms with Crippen LogP contribution in [0.1, 0.15) is 0 Å². The largest absolute Gasteiger partial charge is 0.508 e. The number of halogens is 2. The van der Waals surface area contributed by atoms with Gasteiger partial charge in [-0.1, -0.05) is 41.4 Å². The third-order valence-electron chi connectivity index (χ3n) is 3.28. The molecule has 3 aromatic carbocycles. The minimum absolute atomic E-state index is 0.0954. The fourth-order valence-electron chi connectivity index (χ4n) is 2.25. The molecule has 6 heteroatoms. The maximum Gasteiger partial charge on any atom is 0.323 e. The van der Waals surface area contributed by atoms with Gasteiger partial charge in [-0.05, 0) is 41.8 Å². The van der Waals surface area contributed by atoms with Gasteiger partial charge in [-0.2, -0.15) is 0 Å². The van der Waals surface area contributed by atoms with E-state index < -0.39 is 6.03 Å². The molecule has 3 N–H and O–H groups in total. The number of amides is 2. The van der Waals surface area contributed by atoms with Crippen molar-refractivity contribution in [1.82, 2.24) is 0 Å². The molecule has 0 aliphatic heterocycles. The number of carbonyl (C=O) groups is 1. The number of anilines is 2. The van der Waals surface area contributed by atoms with Crippen LogP contribution in [0.25, 0.3) is 10.8 Å². The lowest BCUT2D eigenvalue weighted by Gasteiger charge is -2.12. The normalized spacial score (nSPS) is 10.5. The molecule has 0 aliphatic rings. The highest BCUT2D eigenvalue weighted by molar-refractivity contribution is 6.35. The molecule has 0 saturated heterocycles. The molecule has 4 nitrogen and oxygen atoms in total. The summed E-state index contributed by atoms with van der Waals surface area (Å²) in [6.45, 7) is 0. The fraction of sp³-hybridized carbons (Fsp3) is 0. The number of benzene rings is 3. The van der Waals surface area contributed by atoms with Gasteiger partial charge in [-0.15, -0.1) is 0 Å². The van der Waals surface area contributed by atoms with Crippen molar-refractivity contribution in [2.75, 3.05) is 10.6 Å². The third-order valence-corrected chi connectivity index (χ3v) is 3.83. The van der Waals surface area contributed by atoms with Gasteiger partial charge in [0.05, 0.1) is 10.7 Å². The molecular formula is C17H12Cl2N2O2. The minimum atomic E-state index is -0.454. The topological polar surface area (TPSA) is 61.4 Å². The van der Waals surface area contributed by atoms with Crippen molar-refractivity contribution in [3.8, 4) is 5.75 Å². The predicted octanol–water partition coefficient (Wildman–Crippen LogP) is 5.50. The first-order valence-corrected chi connectivity index (χ1v) is 7.53. The number of urea groups is 1. The minimum Gasteiger partial charge on any atom is -0.508 e. The Balaban J connectivity index is 1.90. The number of rotatable bonds is 2. The van der Waals surface area contributed by atoms with Gasteiger partial charge in [0.15, 0.2) is 0 Å². The number of hydrogen-bond donors (Lipinski definition) is 3. The van der Waals surface area contributed by atoms with Crippen LogP contribution in [-0.2, 0) is 0 Å². The van der Waals surface area contributed by atoms with E-state index in [2.05, 4.69) is 10.6 Å². The predicted molar refractivity (Wildman–Crippen MR) is 94.7 cm³/mol. The van der Waals surface area contributed by atoms with Crippen molar-refractivity contribution in [1.29, 1.82) is 0 Å². The number of phenols is 1. The Hall–Kier alpha value is -2.43. The molecule has 116 valence electrons. The maximum atomic E-state index is 12.2. The summed E-state index contributed by atoms with van der Waals surface area (Å²) in [5.41, 5.74) is 0.994. The second-order valence-corrected chi connectivity index (χ2v) is 5.76. The zero-order valence-electron chi connectivity index (χ0n) is 11.8. The number of hydrogen-bond acceptors (Lipinski definition) is 2. The van der Waals surface area contributed by atoms with E-state index in [0.717, 1.165) is 5.39 Å². The molecular weight excluding hydrogens is 335 g/mol. The van der Waals surface area contributed by atoms with Crippen molar-refractivity contribution >= 4 is 51.4 Å². The maximum absolute atomic E-state index is 12.2. The van der Waals surface area contributed by atoms with Crippen molar-refractivity contribution in [3.05, 3.63) is 64.6 Å². The Labute approximate surface area is 142 Å². The van der Waals surface area contributed by atoms with Crippen LogP contribution in [0, 0.1) is 0 Å². The standard InChI is InChI=1S/C17H12Cl2N2O2/c18-11-2-1-3-12(8-11)20-17(23)21-16-14-9-13(22)6-4-10(14)5-7-15(16)19/h1-9,22H,(H2,20,21,23). The van der Waals surface area contributed by atoms with Crippen LogP contribution in [0.3, 0.4) is 0 Å². The van der Waals surface area contributed by atoms with Crippen LogP contribution in [0.5, 0.6) is 5.75 Å². The molecule has 0 aliphatic carbocycles. The van der Waals surface area contributed by atoms with Crippen LogP contribution < -0.4 is 10.6 Å². The van der Waals surface area contributed by atoms with Crippen molar-refractivity contribution in [3.63, 3.8) is 0 Å². The SMILES string of the molecule is O=C(Nc1cccc(Cl)c1)Nc1c(Cl)ccc2ccc(O)cc12. The van der Waals surface area contributed by atoms with E-state index in [0.29, 0.717) is 26.8 Å². The molecule has 0 fully saturated rings. The van der Waals surface area contributed by atoms with E-state index in [9.17, 15) is 9.90 Å². The highest BCUT2D eigenvalue weighted by atomic mass is 35.5. The molecule has 0 spiro atoms. The monoisotopic (exact) mass is 346 g/mol. The molecule has 3 rings (SSSR count). The van der Waals surface area contributed by atoms with Crippen molar-refractivity contribution in [2.45, 2.75) is 0 Å². The smallest absolute Gasteiger partial charge is 0.323 e. The van der Waals surface area contributed by atoms with E-state index in [4.69, 9.17) is 23.2 Å². The van der Waals surface area contributed by atoms with Crippen LogP contribution >= 0.6 is 23.2 Å². The van der Waals surface area contributed by atoms with Crippen LogP contribution in [0.15, 0.2) is 54.6 Å². The lowest BCUT2D eigenvalue weighted by molar-refractivity contribution is 0.262. The lowest BCUT2D eigenvalue weighted by Crippen LogP contribution is -2.19. The van der Waals surface area contributed by atoms with Gasteiger partial charge in [-0.3, -0.25) is 0 Å². The summed E-state index contributed by atoms with van der Waals surface area (Å²) in [6.07, 6.45) is 0. The number of nitrogens with one attached hydrogen (secondary N) is 2. The van der Waals surface area contributed by atoms with Crippen LogP contribution in [-0.4, -0.2) is 11.1 Å². The first kappa shape index (κ1) is 15.5. The van der Waals surface area contributed by atoms with Gasteiger partial charge < -0.3 is 15.7 Å². The molecule has 0 radical (unpaired) electrons. The third kappa shape index (κ3) is 3.50. The molecule has 0 saturated carbocycles. The summed E-state index contributed by atoms with van der Waals surface area (Å²) < 4.78 is 0. The Bertz CT molecular complexity index is 892. The molecule has 2 amide bonds. The van der Waals surface area contributed by atoms with Gasteiger partial charge in [0, 0.05) is 16.1 Å². The molecule has 0 unspecified atom stereocenters. The molecule has 3 aromatic rings. The van der Waals surface area contributed by atoms with Gasteiger partial charge in [0.1, 0.15) is 5.75 Å². The Morgan fingerprint density at radius 1 is 0.957 bits per heavy atom. The number of aromatic hydroxyl groups is 1. The summed E-state index contributed by atoms with van der Waals surface area (Å²) in [5.74, 6) is 0.0954. The summed E-state index contributed by atoms with van der Waals surface area (Å²) in [7, 11) is 0. The second kappa shape index (κ2) is 6.36. The highest BCUT2D eigenvalue weighted by Gasteiger charge is 2.11. The average molecular weight is 347 g/mol. The van der Waals surface area contributed by atoms with Crippen LogP contribution in [0.4, 0.5) is 16.2 Å². The summed E-state index contributed by atoms with van der Waals surface area (Å²) in [6, 6.07) is 14.7. The first-order chi connectivity index (χ1) is 11.0. The number of carbonyl (C=O) groups excluding carboxylic acids is 1. The molecule has 23 heavy (non-hydrogen) atoms. The van der Waals surface area contributed by atoms with E-state index in [-0.39, 0.29) is 5.75 Å². The van der Waals surface area contributed by atoms with E-state index >= 15 is 0 Å². The Morgan fingerprint density at radius 2 is 1.74 bits per heavy atom. The molecule has 0 aromatic heterocycles. The first-order valence-electron chi connectivity index (χ1n) is 6.78. The fourth-order valence-corrected chi connectivity index (χ4v) is 2.65. The van der Waals surface area contributed by atoms with E-state index in [1.165, 1.54) is 0 Å². The average Bonchev–Trinajstić information content (AvgIpc) is 2.50. The molecule has 0 heterocycles. The Kier molecular flexibility index (Phi) is 4.28. The quantitative estimate of drug-likeness (QED) is 0.573. The highest BCUT2D eigenvalue weighted by Crippen LogP contribution is 2.33. The van der Waals surface area contributed by atoms with E-state index in [1.807, 2.05) is 6.07 Å². The van der Waals surface area contributed by atoms with Gasteiger partial charge in [0.2, 0.25) is 0 Å². The summed E-state index contributed by atoms with van der Waals surface area (Å²) in [4.78, 5) is 12.2. The zero-order valence-corrected chi connectivity index (χ0v) is 13.3. The summed E-state index contributed by atoms with van der Waals surface area (Å²) in [5, 5.41) is 17.5. The number of phenolic OH excluding ortho intramolecular Hbond substituents is 1. The van der Waals surface area contributed by atoms with Crippen LogP contribution in [0.2, 0.25) is 10.0 Å². The zero-order chi connectivity index (χ0) is 16.4. The molecule has 0 atom stereocenters. The van der Waals surface area contributed by atoms with Gasteiger partial charge in [0.25, 0.3) is 0 Å². The van der Waals surface area contributed by atoms with Crippen molar-refractivity contribution in [2.24, 2.45) is 0 Å². The second-order valence-electron chi connectivity index (χ2n) is 4.92. The van der Waals surface area contributed by atoms with Gasteiger partial charge in [-0.25, -0.2) is 4.79 Å². The van der Waals surface area contributed by atoms with E-state index in [1.54, 1.807) is 48.5 Å². The van der Waals surface area contributed by atoms with Crippen molar-refractivity contribution < 1.29 is 9.90 Å². The van der Waals surface area contributed by atoms with Gasteiger partial charge >= 0.3 is 6.03 Å². The summed E-state index contributed by atoms with van der Waals surface area (Å²) >= 11 is 12.1. The lowest BCUT2D eigenvalue weighted by atomic mass is 10.1. The number of fused-ring (bicyclic) bond motifs is 1. The molecule has 0 bridgehead atoms. The Morgan fingerprint density at radius 3 is 2.52 bits per heavy atom.